The second kappa shape index (κ2) is 5.84. The number of nitro groups is 1. The number of rotatable bonds is 4. The van der Waals surface area contributed by atoms with E-state index in [1.165, 1.54) is 6.07 Å². The summed E-state index contributed by atoms with van der Waals surface area (Å²) in [6.45, 7) is 2.09. The average molecular weight is 322 g/mol. The number of halogens is 1. The average Bonchev–Trinajstić information content (AvgIpc) is 2.38. The SMILES string of the molecule is Cc1ccccc1OCc1c(Br)cccc1[N+](=O)[O-]. The molecule has 2 aromatic rings. The van der Waals surface area contributed by atoms with E-state index in [1.54, 1.807) is 12.1 Å². The highest BCUT2D eigenvalue weighted by Crippen LogP contribution is 2.28. The van der Waals surface area contributed by atoms with E-state index >= 15 is 0 Å². The van der Waals surface area contributed by atoms with Crippen LogP contribution in [0.1, 0.15) is 11.1 Å². The molecule has 0 radical (unpaired) electrons. The van der Waals surface area contributed by atoms with Gasteiger partial charge in [0.25, 0.3) is 5.69 Å². The number of nitrogens with zero attached hydrogens (tertiary/aromatic N) is 1. The first-order valence-corrected chi connectivity index (χ1v) is 6.49. The van der Waals surface area contributed by atoms with Crippen molar-refractivity contribution in [3.63, 3.8) is 0 Å². The van der Waals surface area contributed by atoms with Crippen molar-refractivity contribution in [2.75, 3.05) is 0 Å². The first-order chi connectivity index (χ1) is 9.09. The van der Waals surface area contributed by atoms with Gasteiger partial charge >= 0.3 is 0 Å². The van der Waals surface area contributed by atoms with Gasteiger partial charge in [-0.3, -0.25) is 10.1 Å². The van der Waals surface area contributed by atoms with E-state index < -0.39 is 4.92 Å². The standard InChI is InChI=1S/C14H12BrNO3/c1-10-5-2-3-8-14(10)19-9-11-12(15)6-4-7-13(11)16(17)18/h2-8H,9H2,1H3. The molecule has 0 amide bonds. The number of para-hydroxylation sites is 1. The Labute approximate surface area is 119 Å². The molecule has 19 heavy (non-hydrogen) atoms. The summed E-state index contributed by atoms with van der Waals surface area (Å²) in [5.41, 5.74) is 1.59. The lowest BCUT2D eigenvalue weighted by atomic mass is 10.2. The Balaban J connectivity index is 2.25. The van der Waals surface area contributed by atoms with Gasteiger partial charge in [-0.2, -0.15) is 0 Å². The van der Waals surface area contributed by atoms with Crippen LogP contribution in [0.2, 0.25) is 0 Å². The fourth-order valence-corrected chi connectivity index (χ4v) is 2.20. The molecule has 0 heterocycles. The monoisotopic (exact) mass is 321 g/mol. The molecule has 4 nitrogen and oxygen atoms in total. The zero-order valence-electron chi connectivity index (χ0n) is 10.3. The quantitative estimate of drug-likeness (QED) is 0.625. The van der Waals surface area contributed by atoms with Crippen LogP contribution < -0.4 is 4.74 Å². The van der Waals surface area contributed by atoms with Crippen LogP contribution in [0.5, 0.6) is 5.75 Å². The lowest BCUT2D eigenvalue weighted by molar-refractivity contribution is -0.385. The van der Waals surface area contributed by atoms with E-state index in [9.17, 15) is 10.1 Å². The Morgan fingerprint density at radius 2 is 1.95 bits per heavy atom. The molecule has 0 saturated carbocycles. The zero-order valence-corrected chi connectivity index (χ0v) is 11.9. The van der Waals surface area contributed by atoms with Gasteiger partial charge in [-0.15, -0.1) is 0 Å². The maximum atomic E-state index is 11.0. The lowest BCUT2D eigenvalue weighted by Gasteiger charge is -2.10. The third kappa shape index (κ3) is 3.12. The summed E-state index contributed by atoms with van der Waals surface area (Å²) in [5.74, 6) is 0.729. The van der Waals surface area contributed by atoms with Crippen molar-refractivity contribution in [1.82, 2.24) is 0 Å². The van der Waals surface area contributed by atoms with Crippen LogP contribution in [-0.2, 0) is 6.61 Å². The molecule has 0 unspecified atom stereocenters. The van der Waals surface area contributed by atoms with Crippen molar-refractivity contribution in [2.24, 2.45) is 0 Å². The van der Waals surface area contributed by atoms with Gasteiger partial charge in [0.1, 0.15) is 12.4 Å². The fraction of sp³-hybridized carbons (Fsp3) is 0.143. The van der Waals surface area contributed by atoms with Crippen molar-refractivity contribution in [3.8, 4) is 5.75 Å². The molecule has 0 bridgehead atoms. The smallest absolute Gasteiger partial charge is 0.277 e. The molecule has 2 aromatic carbocycles. The molecule has 98 valence electrons. The third-order valence-corrected chi connectivity index (χ3v) is 3.50. The summed E-state index contributed by atoms with van der Waals surface area (Å²) in [6, 6.07) is 12.5. The minimum Gasteiger partial charge on any atom is -0.488 e. The highest BCUT2D eigenvalue weighted by molar-refractivity contribution is 9.10. The predicted molar refractivity (Wildman–Crippen MR) is 76.3 cm³/mol. The lowest BCUT2D eigenvalue weighted by Crippen LogP contribution is -2.02. The van der Waals surface area contributed by atoms with E-state index in [0.717, 1.165) is 11.3 Å². The minimum atomic E-state index is -0.401. The molecule has 0 atom stereocenters. The zero-order chi connectivity index (χ0) is 13.8. The molecular formula is C14H12BrNO3. The van der Waals surface area contributed by atoms with Gasteiger partial charge in [-0.25, -0.2) is 0 Å². The van der Waals surface area contributed by atoms with Gasteiger partial charge in [0.2, 0.25) is 0 Å². The molecule has 0 aliphatic rings. The van der Waals surface area contributed by atoms with Crippen LogP contribution in [0.15, 0.2) is 46.9 Å². The number of benzene rings is 2. The van der Waals surface area contributed by atoms with E-state index in [4.69, 9.17) is 4.74 Å². The number of hydrogen-bond acceptors (Lipinski definition) is 3. The van der Waals surface area contributed by atoms with E-state index in [-0.39, 0.29) is 12.3 Å². The molecule has 0 aliphatic heterocycles. The second-order valence-corrected chi connectivity index (χ2v) is 4.90. The van der Waals surface area contributed by atoms with Crippen molar-refractivity contribution in [2.45, 2.75) is 13.5 Å². The summed E-state index contributed by atoms with van der Waals surface area (Å²) in [4.78, 5) is 10.6. The van der Waals surface area contributed by atoms with E-state index in [2.05, 4.69) is 15.9 Å². The molecule has 0 aliphatic carbocycles. The van der Waals surface area contributed by atoms with Crippen molar-refractivity contribution in [1.29, 1.82) is 0 Å². The second-order valence-electron chi connectivity index (χ2n) is 4.05. The molecule has 0 spiro atoms. The predicted octanol–water partition coefficient (Wildman–Crippen LogP) is 4.24. The highest BCUT2D eigenvalue weighted by atomic mass is 79.9. The summed E-state index contributed by atoms with van der Waals surface area (Å²) >= 11 is 3.32. The van der Waals surface area contributed by atoms with Crippen LogP contribution in [0.4, 0.5) is 5.69 Å². The third-order valence-electron chi connectivity index (χ3n) is 2.76. The normalized spacial score (nSPS) is 10.2. The Hall–Kier alpha value is -1.88. The summed E-state index contributed by atoms with van der Waals surface area (Å²) in [7, 11) is 0. The van der Waals surface area contributed by atoms with Crippen LogP contribution in [-0.4, -0.2) is 4.92 Å². The van der Waals surface area contributed by atoms with Crippen molar-refractivity contribution in [3.05, 3.63) is 68.2 Å². The van der Waals surface area contributed by atoms with Gasteiger partial charge < -0.3 is 4.74 Å². The fourth-order valence-electron chi connectivity index (χ4n) is 1.73. The highest BCUT2D eigenvalue weighted by Gasteiger charge is 2.16. The number of hydrogen-bond donors (Lipinski definition) is 0. The Bertz CT molecular complexity index is 613. The van der Waals surface area contributed by atoms with Gasteiger partial charge in [0, 0.05) is 10.5 Å². The maximum Gasteiger partial charge on any atom is 0.277 e. The van der Waals surface area contributed by atoms with Gasteiger partial charge in [0.15, 0.2) is 0 Å². The van der Waals surface area contributed by atoms with Crippen LogP contribution >= 0.6 is 15.9 Å². The number of ether oxygens (including phenoxy) is 1. The van der Waals surface area contributed by atoms with Gasteiger partial charge in [0.05, 0.1) is 10.5 Å². The number of nitro benzene ring substituents is 1. The maximum absolute atomic E-state index is 11.0. The van der Waals surface area contributed by atoms with Gasteiger partial charge in [-0.05, 0) is 24.6 Å². The molecule has 5 heteroatoms. The summed E-state index contributed by atoms with van der Waals surface area (Å²) < 4.78 is 6.34. The summed E-state index contributed by atoms with van der Waals surface area (Å²) in [6.07, 6.45) is 0. The Morgan fingerprint density at radius 3 is 2.63 bits per heavy atom. The van der Waals surface area contributed by atoms with E-state index in [0.29, 0.717) is 10.0 Å². The van der Waals surface area contributed by atoms with Crippen LogP contribution in [0.25, 0.3) is 0 Å². The molecule has 0 aromatic heterocycles. The van der Waals surface area contributed by atoms with Crippen molar-refractivity contribution < 1.29 is 9.66 Å². The number of aryl methyl sites for hydroxylation is 1. The Morgan fingerprint density at radius 1 is 1.21 bits per heavy atom. The van der Waals surface area contributed by atoms with Crippen LogP contribution in [0.3, 0.4) is 0 Å². The molecule has 0 N–H and O–H groups in total. The van der Waals surface area contributed by atoms with Crippen molar-refractivity contribution >= 4 is 21.6 Å². The topological polar surface area (TPSA) is 52.4 Å². The largest absolute Gasteiger partial charge is 0.488 e. The molecular weight excluding hydrogens is 310 g/mol. The first-order valence-electron chi connectivity index (χ1n) is 5.70. The van der Waals surface area contributed by atoms with Crippen LogP contribution in [0, 0.1) is 17.0 Å². The molecule has 0 fully saturated rings. The van der Waals surface area contributed by atoms with E-state index in [1.807, 2.05) is 31.2 Å². The minimum absolute atomic E-state index is 0.0583. The summed E-state index contributed by atoms with van der Waals surface area (Å²) in [5, 5.41) is 11.0. The molecule has 2 rings (SSSR count). The molecule has 0 saturated heterocycles. The Kier molecular flexibility index (Phi) is 4.16. The van der Waals surface area contributed by atoms with Gasteiger partial charge in [-0.1, -0.05) is 40.2 Å². The first kappa shape index (κ1) is 13.5.